The SMILES string of the molecule is CCOC(=O)NNS(=O)(=O)c1ccc(F)cc1C. The largest absolute Gasteiger partial charge is 0.449 e. The lowest BCUT2D eigenvalue weighted by Crippen LogP contribution is -2.42. The summed E-state index contributed by atoms with van der Waals surface area (Å²) in [5, 5.41) is 0. The van der Waals surface area contributed by atoms with E-state index >= 15 is 0 Å². The number of sulfonamides is 1. The molecule has 2 N–H and O–H groups in total. The Morgan fingerprint density at radius 2 is 2.11 bits per heavy atom. The van der Waals surface area contributed by atoms with Crippen LogP contribution >= 0.6 is 0 Å². The molecular weight excluding hydrogens is 263 g/mol. The Balaban J connectivity index is 2.83. The summed E-state index contributed by atoms with van der Waals surface area (Å²) in [5.74, 6) is -0.537. The van der Waals surface area contributed by atoms with Crippen LogP contribution in [0.4, 0.5) is 9.18 Å². The maximum atomic E-state index is 12.8. The van der Waals surface area contributed by atoms with E-state index in [1.807, 2.05) is 10.3 Å². The van der Waals surface area contributed by atoms with E-state index in [-0.39, 0.29) is 17.1 Å². The number of halogens is 1. The Morgan fingerprint density at radius 1 is 1.44 bits per heavy atom. The van der Waals surface area contributed by atoms with Crippen molar-refractivity contribution in [3.8, 4) is 0 Å². The van der Waals surface area contributed by atoms with Crippen molar-refractivity contribution in [1.82, 2.24) is 10.3 Å². The van der Waals surface area contributed by atoms with Gasteiger partial charge in [-0.25, -0.2) is 23.0 Å². The van der Waals surface area contributed by atoms with Gasteiger partial charge in [-0.2, -0.15) is 0 Å². The number of hydrogen-bond donors (Lipinski definition) is 2. The van der Waals surface area contributed by atoms with Crippen LogP contribution in [-0.4, -0.2) is 21.1 Å². The van der Waals surface area contributed by atoms with Crippen LogP contribution in [-0.2, 0) is 14.8 Å². The summed E-state index contributed by atoms with van der Waals surface area (Å²) in [6.45, 7) is 3.14. The molecule has 0 fully saturated rings. The molecule has 0 radical (unpaired) electrons. The van der Waals surface area contributed by atoms with Gasteiger partial charge >= 0.3 is 6.09 Å². The second kappa shape index (κ2) is 5.78. The van der Waals surface area contributed by atoms with Gasteiger partial charge in [-0.1, -0.05) is 0 Å². The topological polar surface area (TPSA) is 84.5 Å². The highest BCUT2D eigenvalue weighted by Crippen LogP contribution is 2.15. The third kappa shape index (κ3) is 3.67. The number of hydrogen-bond acceptors (Lipinski definition) is 4. The lowest BCUT2D eigenvalue weighted by molar-refractivity contribution is 0.150. The van der Waals surface area contributed by atoms with Gasteiger partial charge < -0.3 is 4.74 Å². The van der Waals surface area contributed by atoms with Gasteiger partial charge in [0.15, 0.2) is 0 Å². The van der Waals surface area contributed by atoms with Gasteiger partial charge in [-0.05, 0) is 37.6 Å². The first-order valence-corrected chi connectivity index (χ1v) is 6.56. The molecule has 1 aromatic carbocycles. The number of aryl methyl sites for hydroxylation is 1. The number of ether oxygens (including phenoxy) is 1. The zero-order valence-electron chi connectivity index (χ0n) is 9.86. The monoisotopic (exact) mass is 276 g/mol. The fourth-order valence-corrected chi connectivity index (χ4v) is 2.30. The average molecular weight is 276 g/mol. The van der Waals surface area contributed by atoms with Gasteiger partial charge in [0, 0.05) is 0 Å². The molecule has 1 aromatic rings. The van der Waals surface area contributed by atoms with Crippen LogP contribution in [0.25, 0.3) is 0 Å². The lowest BCUT2D eigenvalue weighted by atomic mass is 10.2. The molecule has 0 atom stereocenters. The Hall–Kier alpha value is -1.67. The van der Waals surface area contributed by atoms with Gasteiger partial charge in [-0.15, -0.1) is 4.83 Å². The second-order valence-electron chi connectivity index (χ2n) is 3.36. The lowest BCUT2D eigenvalue weighted by Gasteiger charge is -2.10. The normalized spacial score (nSPS) is 11.1. The first-order valence-electron chi connectivity index (χ1n) is 5.07. The molecule has 18 heavy (non-hydrogen) atoms. The van der Waals surface area contributed by atoms with Gasteiger partial charge in [0.2, 0.25) is 0 Å². The zero-order chi connectivity index (χ0) is 13.8. The van der Waals surface area contributed by atoms with Crippen molar-refractivity contribution in [2.24, 2.45) is 0 Å². The van der Waals surface area contributed by atoms with Crippen molar-refractivity contribution in [2.75, 3.05) is 6.61 Å². The third-order valence-electron chi connectivity index (χ3n) is 1.99. The molecule has 0 aliphatic heterocycles. The van der Waals surface area contributed by atoms with E-state index in [4.69, 9.17) is 0 Å². The smallest absolute Gasteiger partial charge is 0.422 e. The van der Waals surface area contributed by atoms with E-state index in [1.165, 1.54) is 6.92 Å². The van der Waals surface area contributed by atoms with Crippen LogP contribution in [0.2, 0.25) is 0 Å². The van der Waals surface area contributed by atoms with Gasteiger partial charge in [-0.3, -0.25) is 0 Å². The molecule has 1 rings (SSSR count). The standard InChI is InChI=1S/C10H13FN2O4S/c1-3-17-10(14)12-13-18(15,16)9-5-4-8(11)6-7(9)2/h4-6,13H,3H2,1-2H3,(H,12,14). The van der Waals surface area contributed by atoms with Crippen molar-refractivity contribution < 1.29 is 22.3 Å². The quantitative estimate of drug-likeness (QED) is 0.806. The highest BCUT2D eigenvalue weighted by molar-refractivity contribution is 7.89. The summed E-state index contributed by atoms with van der Waals surface area (Å²) in [4.78, 5) is 12.7. The Morgan fingerprint density at radius 3 is 2.67 bits per heavy atom. The highest BCUT2D eigenvalue weighted by Gasteiger charge is 2.18. The van der Waals surface area contributed by atoms with Gasteiger partial charge in [0.05, 0.1) is 11.5 Å². The zero-order valence-corrected chi connectivity index (χ0v) is 10.7. The molecule has 0 unspecified atom stereocenters. The number of hydrazine groups is 1. The minimum Gasteiger partial charge on any atom is -0.449 e. The molecule has 6 nitrogen and oxygen atoms in total. The van der Waals surface area contributed by atoms with Gasteiger partial charge in [0.25, 0.3) is 10.0 Å². The number of carbonyl (C=O) groups is 1. The van der Waals surface area contributed by atoms with E-state index in [1.54, 1.807) is 6.92 Å². The van der Waals surface area contributed by atoms with Crippen LogP contribution in [0.1, 0.15) is 12.5 Å². The molecule has 0 aromatic heterocycles. The fraction of sp³-hybridized carbons (Fsp3) is 0.300. The molecule has 0 heterocycles. The van der Waals surface area contributed by atoms with Crippen LogP contribution < -0.4 is 10.3 Å². The summed E-state index contributed by atoms with van der Waals surface area (Å²) in [6, 6.07) is 3.21. The molecule has 0 aliphatic carbocycles. The molecule has 1 amide bonds. The predicted octanol–water partition coefficient (Wildman–Crippen LogP) is 1.07. The first-order chi connectivity index (χ1) is 8.36. The summed E-state index contributed by atoms with van der Waals surface area (Å²) < 4.78 is 40.9. The third-order valence-corrected chi connectivity index (χ3v) is 3.40. The van der Waals surface area contributed by atoms with Crippen LogP contribution in [0.5, 0.6) is 0 Å². The maximum Gasteiger partial charge on any atom is 0.422 e. The van der Waals surface area contributed by atoms with Crippen molar-refractivity contribution in [3.63, 3.8) is 0 Å². The van der Waals surface area contributed by atoms with Crippen LogP contribution in [0, 0.1) is 12.7 Å². The van der Waals surface area contributed by atoms with Crippen LogP contribution in [0.15, 0.2) is 23.1 Å². The first kappa shape index (κ1) is 14.4. The second-order valence-corrected chi connectivity index (χ2v) is 5.01. The predicted molar refractivity (Wildman–Crippen MR) is 61.6 cm³/mol. The minimum atomic E-state index is -3.95. The van der Waals surface area contributed by atoms with Crippen molar-refractivity contribution >= 4 is 16.1 Å². The average Bonchev–Trinajstić information content (AvgIpc) is 2.26. The molecule has 0 spiro atoms. The highest BCUT2D eigenvalue weighted by atomic mass is 32.2. The molecule has 0 aliphatic rings. The summed E-state index contributed by atoms with van der Waals surface area (Å²) in [6.07, 6.45) is -0.916. The van der Waals surface area contributed by atoms with E-state index in [2.05, 4.69) is 4.74 Å². The molecule has 0 saturated carbocycles. The Labute approximate surface area is 104 Å². The number of amides is 1. The van der Waals surface area contributed by atoms with Crippen molar-refractivity contribution in [2.45, 2.75) is 18.7 Å². The Bertz CT molecular complexity index is 545. The molecule has 0 saturated heterocycles. The summed E-state index contributed by atoms with van der Waals surface area (Å²) in [7, 11) is -3.95. The summed E-state index contributed by atoms with van der Waals surface area (Å²) in [5.41, 5.74) is 2.10. The number of rotatable bonds is 4. The van der Waals surface area contributed by atoms with Crippen molar-refractivity contribution in [3.05, 3.63) is 29.6 Å². The molecular formula is C10H13FN2O4S. The number of carbonyl (C=O) groups excluding carboxylic acids is 1. The van der Waals surface area contributed by atoms with E-state index in [0.717, 1.165) is 18.2 Å². The van der Waals surface area contributed by atoms with Crippen molar-refractivity contribution in [1.29, 1.82) is 0 Å². The minimum absolute atomic E-state index is 0.114. The van der Waals surface area contributed by atoms with E-state index in [0.29, 0.717) is 0 Å². The van der Waals surface area contributed by atoms with E-state index in [9.17, 15) is 17.6 Å². The molecule has 8 heteroatoms. The van der Waals surface area contributed by atoms with E-state index < -0.39 is 21.9 Å². The number of benzene rings is 1. The summed E-state index contributed by atoms with van der Waals surface area (Å²) >= 11 is 0. The molecule has 0 bridgehead atoms. The Kier molecular flexibility index (Phi) is 4.62. The fourth-order valence-electron chi connectivity index (χ4n) is 1.25. The maximum absolute atomic E-state index is 12.8. The van der Waals surface area contributed by atoms with Crippen LogP contribution in [0.3, 0.4) is 0 Å². The number of nitrogens with one attached hydrogen (secondary N) is 2. The molecule has 100 valence electrons. The van der Waals surface area contributed by atoms with Gasteiger partial charge in [0.1, 0.15) is 5.82 Å².